The van der Waals surface area contributed by atoms with Gasteiger partial charge in [0.2, 0.25) is 0 Å². The van der Waals surface area contributed by atoms with Crippen LogP contribution < -0.4 is 14.8 Å². The molecule has 0 spiro atoms. The van der Waals surface area contributed by atoms with Crippen LogP contribution in [0.1, 0.15) is 43.4 Å². The van der Waals surface area contributed by atoms with Gasteiger partial charge in [-0.25, -0.2) is 0 Å². The third kappa shape index (κ3) is 2.46. The fourth-order valence-electron chi connectivity index (χ4n) is 2.88. The van der Waals surface area contributed by atoms with Gasteiger partial charge in [-0.1, -0.05) is 13.3 Å². The second-order valence-electron chi connectivity index (χ2n) is 4.72. The number of hydrogen-bond donors (Lipinski definition) is 1. The number of nitrogens with one attached hydrogen (secondary N) is 1. The molecular formula is C15H23NO2. The molecule has 1 unspecified atom stereocenters. The summed E-state index contributed by atoms with van der Waals surface area (Å²) in [5.74, 6) is 1.98. The van der Waals surface area contributed by atoms with E-state index in [2.05, 4.69) is 12.2 Å². The smallest absolute Gasteiger partial charge is 0.124 e. The second-order valence-corrected chi connectivity index (χ2v) is 4.72. The zero-order valence-electron chi connectivity index (χ0n) is 11.6. The molecule has 0 fully saturated rings. The molecule has 1 aliphatic carbocycles. The first-order chi connectivity index (χ1) is 8.81. The minimum Gasteiger partial charge on any atom is -0.496 e. The first-order valence-corrected chi connectivity index (χ1v) is 6.79. The lowest BCUT2D eigenvalue weighted by Gasteiger charge is -2.22. The molecular weight excluding hydrogens is 226 g/mol. The van der Waals surface area contributed by atoms with E-state index in [9.17, 15) is 0 Å². The molecule has 100 valence electrons. The molecule has 0 bridgehead atoms. The summed E-state index contributed by atoms with van der Waals surface area (Å²) in [6, 6.07) is 4.43. The van der Waals surface area contributed by atoms with Crippen LogP contribution in [0.4, 0.5) is 0 Å². The first-order valence-electron chi connectivity index (χ1n) is 6.79. The van der Waals surface area contributed by atoms with E-state index in [-0.39, 0.29) is 0 Å². The van der Waals surface area contributed by atoms with Crippen LogP contribution in [0.25, 0.3) is 0 Å². The van der Waals surface area contributed by atoms with Crippen molar-refractivity contribution in [2.45, 2.75) is 38.6 Å². The van der Waals surface area contributed by atoms with E-state index in [1.54, 1.807) is 14.2 Å². The highest BCUT2D eigenvalue weighted by Gasteiger charge is 2.24. The van der Waals surface area contributed by atoms with Gasteiger partial charge in [0.05, 0.1) is 14.2 Å². The van der Waals surface area contributed by atoms with Crippen LogP contribution in [0.15, 0.2) is 12.1 Å². The molecule has 2 rings (SSSR count). The highest BCUT2D eigenvalue weighted by molar-refractivity contribution is 5.51. The van der Waals surface area contributed by atoms with Gasteiger partial charge in [-0.15, -0.1) is 0 Å². The maximum absolute atomic E-state index is 5.55. The highest BCUT2D eigenvalue weighted by Crippen LogP contribution is 2.40. The summed E-state index contributed by atoms with van der Waals surface area (Å²) in [7, 11) is 3.49. The van der Waals surface area contributed by atoms with Gasteiger partial charge in [0.1, 0.15) is 11.5 Å². The van der Waals surface area contributed by atoms with Gasteiger partial charge in [0.15, 0.2) is 0 Å². The largest absolute Gasteiger partial charge is 0.496 e. The molecule has 3 nitrogen and oxygen atoms in total. The third-order valence-electron chi connectivity index (χ3n) is 3.68. The molecule has 0 aliphatic heterocycles. The fourth-order valence-corrected chi connectivity index (χ4v) is 2.88. The molecule has 1 aromatic rings. The van der Waals surface area contributed by atoms with Crippen molar-refractivity contribution in [1.82, 2.24) is 5.32 Å². The minimum absolute atomic E-state index is 0.387. The summed E-state index contributed by atoms with van der Waals surface area (Å²) >= 11 is 0. The molecule has 0 saturated heterocycles. The number of benzene rings is 1. The van der Waals surface area contributed by atoms with Crippen LogP contribution in [0.3, 0.4) is 0 Å². The topological polar surface area (TPSA) is 30.5 Å². The van der Waals surface area contributed by atoms with Gasteiger partial charge in [-0.2, -0.15) is 0 Å². The van der Waals surface area contributed by atoms with Gasteiger partial charge in [0.25, 0.3) is 0 Å². The number of rotatable bonds is 4. The molecule has 1 aliphatic rings. The van der Waals surface area contributed by atoms with Crippen LogP contribution in [0.5, 0.6) is 11.5 Å². The normalized spacial score (nSPS) is 18.9. The van der Waals surface area contributed by atoms with Crippen LogP contribution in [0, 0.1) is 0 Å². The maximum Gasteiger partial charge on any atom is 0.124 e. The van der Waals surface area contributed by atoms with Crippen molar-refractivity contribution in [2.24, 2.45) is 0 Å². The Balaban J connectivity index is 2.51. The fraction of sp³-hybridized carbons (Fsp3) is 0.600. The zero-order valence-corrected chi connectivity index (χ0v) is 11.6. The standard InChI is InChI=1S/C15H23NO2/c1-4-16-12-8-6-5-7-11-13(17-2)9-10-14(18-3)15(11)12/h9-10,12,16H,4-8H2,1-3H3. The van der Waals surface area contributed by atoms with Gasteiger partial charge in [-0.3, -0.25) is 0 Å². The number of ether oxygens (including phenoxy) is 2. The predicted octanol–water partition coefficient (Wildman–Crippen LogP) is 3.08. The minimum atomic E-state index is 0.387. The maximum atomic E-state index is 5.55. The lowest BCUT2D eigenvalue weighted by Crippen LogP contribution is -2.22. The van der Waals surface area contributed by atoms with Gasteiger partial charge in [0, 0.05) is 17.2 Å². The average Bonchev–Trinajstić information content (AvgIpc) is 2.61. The van der Waals surface area contributed by atoms with Crippen molar-refractivity contribution in [3.8, 4) is 11.5 Å². The number of methoxy groups -OCH3 is 2. The first kappa shape index (κ1) is 13.2. The number of fused-ring (bicyclic) bond motifs is 1. The van der Waals surface area contributed by atoms with Crippen LogP contribution in [-0.4, -0.2) is 20.8 Å². The zero-order chi connectivity index (χ0) is 13.0. The third-order valence-corrected chi connectivity index (χ3v) is 3.68. The number of hydrogen-bond acceptors (Lipinski definition) is 3. The Bertz CT molecular complexity index is 404. The Labute approximate surface area is 109 Å². The molecule has 0 amide bonds. The Morgan fingerprint density at radius 1 is 1.17 bits per heavy atom. The van der Waals surface area contributed by atoms with E-state index in [4.69, 9.17) is 9.47 Å². The molecule has 0 aromatic heterocycles. The molecule has 0 saturated carbocycles. The monoisotopic (exact) mass is 249 g/mol. The Morgan fingerprint density at radius 3 is 2.56 bits per heavy atom. The van der Waals surface area contributed by atoms with E-state index in [0.29, 0.717) is 6.04 Å². The summed E-state index contributed by atoms with van der Waals surface area (Å²) in [6.07, 6.45) is 4.72. The summed E-state index contributed by atoms with van der Waals surface area (Å²) in [5, 5.41) is 3.57. The average molecular weight is 249 g/mol. The van der Waals surface area contributed by atoms with Gasteiger partial charge in [-0.05, 0) is 37.9 Å². The van der Waals surface area contributed by atoms with E-state index in [1.165, 1.54) is 30.4 Å². The van der Waals surface area contributed by atoms with Gasteiger partial charge >= 0.3 is 0 Å². The molecule has 0 heterocycles. The van der Waals surface area contributed by atoms with E-state index < -0.39 is 0 Å². The lowest BCUT2D eigenvalue weighted by molar-refractivity contribution is 0.386. The summed E-state index contributed by atoms with van der Waals surface area (Å²) in [4.78, 5) is 0. The molecule has 1 aromatic carbocycles. The summed E-state index contributed by atoms with van der Waals surface area (Å²) in [5.41, 5.74) is 2.62. The lowest BCUT2D eigenvalue weighted by atomic mass is 9.96. The van der Waals surface area contributed by atoms with E-state index in [1.807, 2.05) is 12.1 Å². The van der Waals surface area contributed by atoms with Gasteiger partial charge < -0.3 is 14.8 Å². The van der Waals surface area contributed by atoms with Crippen molar-refractivity contribution < 1.29 is 9.47 Å². The second kappa shape index (κ2) is 6.10. The molecule has 0 radical (unpaired) electrons. The Hall–Kier alpha value is -1.22. The van der Waals surface area contributed by atoms with Crippen molar-refractivity contribution in [3.05, 3.63) is 23.3 Å². The molecule has 1 atom stereocenters. The molecule has 1 N–H and O–H groups in total. The molecule has 18 heavy (non-hydrogen) atoms. The van der Waals surface area contributed by atoms with E-state index >= 15 is 0 Å². The highest BCUT2D eigenvalue weighted by atomic mass is 16.5. The van der Waals surface area contributed by atoms with Crippen molar-refractivity contribution in [2.75, 3.05) is 20.8 Å². The van der Waals surface area contributed by atoms with Crippen molar-refractivity contribution in [1.29, 1.82) is 0 Å². The van der Waals surface area contributed by atoms with E-state index in [0.717, 1.165) is 24.5 Å². The Kier molecular flexibility index (Phi) is 4.48. The Morgan fingerprint density at radius 2 is 1.89 bits per heavy atom. The predicted molar refractivity (Wildman–Crippen MR) is 73.5 cm³/mol. The summed E-state index contributed by atoms with van der Waals surface area (Å²) in [6.45, 7) is 3.13. The van der Waals surface area contributed by atoms with Crippen LogP contribution in [0.2, 0.25) is 0 Å². The van der Waals surface area contributed by atoms with Crippen molar-refractivity contribution >= 4 is 0 Å². The molecule has 3 heteroatoms. The quantitative estimate of drug-likeness (QED) is 0.832. The summed E-state index contributed by atoms with van der Waals surface area (Å²) < 4.78 is 11.1. The van der Waals surface area contributed by atoms with Crippen molar-refractivity contribution in [3.63, 3.8) is 0 Å². The SMILES string of the molecule is CCNC1CCCCc2c(OC)ccc(OC)c21. The van der Waals surface area contributed by atoms with Crippen LogP contribution in [-0.2, 0) is 6.42 Å². The van der Waals surface area contributed by atoms with Crippen LogP contribution >= 0.6 is 0 Å².